The second-order valence-corrected chi connectivity index (χ2v) is 4.82. The molecule has 0 spiro atoms. The molecule has 100 valence electrons. The summed E-state index contributed by atoms with van der Waals surface area (Å²) in [5.41, 5.74) is 8.49. The van der Waals surface area contributed by atoms with Gasteiger partial charge in [-0.1, -0.05) is 23.7 Å². The van der Waals surface area contributed by atoms with Crippen LogP contribution in [0.15, 0.2) is 42.5 Å². The fraction of sp³-hybridized carbons (Fsp3) is 0.200. The summed E-state index contributed by atoms with van der Waals surface area (Å²) in [6, 6.07) is 13.5. The zero-order valence-corrected chi connectivity index (χ0v) is 11.8. The molecule has 0 aliphatic carbocycles. The van der Waals surface area contributed by atoms with Gasteiger partial charge in [0, 0.05) is 36.1 Å². The van der Waals surface area contributed by atoms with Crippen molar-refractivity contribution in [2.45, 2.75) is 6.54 Å². The second kappa shape index (κ2) is 5.85. The van der Waals surface area contributed by atoms with Gasteiger partial charge in [0.05, 0.1) is 7.11 Å². The Balaban J connectivity index is 2.17. The molecule has 0 aromatic heterocycles. The Morgan fingerprint density at radius 2 is 2.00 bits per heavy atom. The van der Waals surface area contributed by atoms with Crippen molar-refractivity contribution in [2.24, 2.45) is 0 Å². The zero-order valence-electron chi connectivity index (χ0n) is 11.1. The molecule has 4 heteroatoms. The van der Waals surface area contributed by atoms with Gasteiger partial charge in [-0.3, -0.25) is 0 Å². The molecule has 0 atom stereocenters. The van der Waals surface area contributed by atoms with Crippen LogP contribution in [-0.2, 0) is 6.54 Å². The van der Waals surface area contributed by atoms with E-state index >= 15 is 0 Å². The monoisotopic (exact) mass is 276 g/mol. The molecule has 0 aliphatic rings. The van der Waals surface area contributed by atoms with Crippen LogP contribution in [0.4, 0.5) is 11.4 Å². The number of rotatable bonds is 4. The van der Waals surface area contributed by atoms with E-state index in [2.05, 4.69) is 4.90 Å². The number of nitrogen functional groups attached to an aromatic ring is 1. The number of hydrogen-bond acceptors (Lipinski definition) is 3. The molecular weight excluding hydrogens is 260 g/mol. The predicted octanol–water partition coefficient (Wildman–Crippen LogP) is 3.57. The Labute approximate surface area is 118 Å². The molecule has 0 aliphatic heterocycles. The minimum atomic E-state index is 0.679. The molecule has 0 fully saturated rings. The van der Waals surface area contributed by atoms with Crippen LogP contribution in [0.5, 0.6) is 5.75 Å². The van der Waals surface area contributed by atoms with E-state index in [4.69, 9.17) is 22.1 Å². The number of ether oxygens (including phenoxy) is 1. The normalized spacial score (nSPS) is 10.3. The molecular formula is C15H17ClN2O. The van der Waals surface area contributed by atoms with Gasteiger partial charge in [0.25, 0.3) is 0 Å². The van der Waals surface area contributed by atoms with E-state index in [1.807, 2.05) is 43.4 Å². The number of nitrogens with zero attached hydrogens (tertiary/aromatic N) is 1. The highest BCUT2D eigenvalue weighted by Crippen LogP contribution is 2.25. The summed E-state index contributed by atoms with van der Waals surface area (Å²) in [6.07, 6.45) is 0. The van der Waals surface area contributed by atoms with Crippen molar-refractivity contribution in [1.82, 2.24) is 0 Å². The largest absolute Gasteiger partial charge is 0.497 e. The van der Waals surface area contributed by atoms with Crippen LogP contribution in [0, 0.1) is 0 Å². The molecule has 0 bridgehead atoms. The maximum Gasteiger partial charge on any atom is 0.120 e. The lowest BCUT2D eigenvalue weighted by Crippen LogP contribution is -2.16. The quantitative estimate of drug-likeness (QED) is 0.868. The Morgan fingerprint density at radius 1 is 1.21 bits per heavy atom. The number of methoxy groups -OCH3 is 1. The summed E-state index contributed by atoms with van der Waals surface area (Å²) in [4.78, 5) is 2.11. The highest BCUT2D eigenvalue weighted by Gasteiger charge is 2.06. The summed E-state index contributed by atoms with van der Waals surface area (Å²) in [6.45, 7) is 0.715. The van der Waals surface area contributed by atoms with Crippen molar-refractivity contribution in [3.63, 3.8) is 0 Å². The lowest BCUT2D eigenvalue weighted by atomic mass is 10.2. The van der Waals surface area contributed by atoms with Crippen molar-refractivity contribution >= 4 is 23.0 Å². The molecule has 2 aromatic rings. The first kappa shape index (κ1) is 13.6. The van der Waals surface area contributed by atoms with E-state index in [0.29, 0.717) is 17.3 Å². The first-order valence-electron chi connectivity index (χ1n) is 5.99. The number of hydrogen-bond donors (Lipinski definition) is 1. The standard InChI is InChI=1S/C15H17ClN2O/c1-18(13-4-3-5-14(9-13)19-2)10-11-6-7-12(17)8-15(11)16/h3-9H,10,17H2,1-2H3. The van der Waals surface area contributed by atoms with Crippen molar-refractivity contribution < 1.29 is 4.74 Å². The van der Waals surface area contributed by atoms with Gasteiger partial charge < -0.3 is 15.4 Å². The van der Waals surface area contributed by atoms with E-state index in [0.717, 1.165) is 17.0 Å². The third-order valence-corrected chi connectivity index (χ3v) is 3.33. The van der Waals surface area contributed by atoms with Crippen molar-refractivity contribution in [2.75, 3.05) is 24.8 Å². The summed E-state index contributed by atoms with van der Waals surface area (Å²) in [5.74, 6) is 0.841. The average Bonchev–Trinajstić information content (AvgIpc) is 2.42. The van der Waals surface area contributed by atoms with Gasteiger partial charge in [-0.25, -0.2) is 0 Å². The van der Waals surface area contributed by atoms with Gasteiger partial charge in [-0.15, -0.1) is 0 Å². The lowest BCUT2D eigenvalue weighted by Gasteiger charge is -2.20. The summed E-state index contributed by atoms with van der Waals surface area (Å²) in [5, 5.41) is 0.690. The third-order valence-electron chi connectivity index (χ3n) is 2.98. The molecule has 0 radical (unpaired) electrons. The van der Waals surface area contributed by atoms with E-state index in [1.54, 1.807) is 13.2 Å². The SMILES string of the molecule is COc1cccc(N(C)Cc2ccc(N)cc2Cl)c1. The fourth-order valence-electron chi connectivity index (χ4n) is 1.89. The Hall–Kier alpha value is -1.87. The minimum Gasteiger partial charge on any atom is -0.497 e. The Kier molecular flexibility index (Phi) is 4.17. The summed E-state index contributed by atoms with van der Waals surface area (Å²) < 4.78 is 5.23. The molecule has 2 rings (SSSR count). The minimum absolute atomic E-state index is 0.679. The molecule has 19 heavy (non-hydrogen) atoms. The van der Waals surface area contributed by atoms with Crippen molar-refractivity contribution in [1.29, 1.82) is 0 Å². The van der Waals surface area contributed by atoms with Crippen LogP contribution in [0.25, 0.3) is 0 Å². The van der Waals surface area contributed by atoms with Crippen LogP contribution in [0.1, 0.15) is 5.56 Å². The number of benzene rings is 2. The van der Waals surface area contributed by atoms with E-state index in [1.165, 1.54) is 0 Å². The molecule has 0 unspecified atom stereocenters. The third kappa shape index (κ3) is 3.32. The summed E-state index contributed by atoms with van der Waals surface area (Å²) >= 11 is 6.19. The number of nitrogens with two attached hydrogens (primary N) is 1. The smallest absolute Gasteiger partial charge is 0.120 e. The molecule has 0 saturated heterocycles. The maximum absolute atomic E-state index is 6.19. The molecule has 3 nitrogen and oxygen atoms in total. The molecule has 0 saturated carbocycles. The van der Waals surface area contributed by atoms with Crippen LogP contribution >= 0.6 is 11.6 Å². The van der Waals surface area contributed by atoms with E-state index in [-0.39, 0.29) is 0 Å². The molecule has 0 amide bonds. The van der Waals surface area contributed by atoms with Crippen molar-refractivity contribution in [3.05, 3.63) is 53.1 Å². The number of halogens is 1. The van der Waals surface area contributed by atoms with Gasteiger partial charge in [0.2, 0.25) is 0 Å². The van der Waals surface area contributed by atoms with Gasteiger partial charge >= 0.3 is 0 Å². The van der Waals surface area contributed by atoms with Crippen molar-refractivity contribution in [3.8, 4) is 5.75 Å². The van der Waals surface area contributed by atoms with Gasteiger partial charge in [-0.2, -0.15) is 0 Å². The van der Waals surface area contributed by atoms with Gasteiger partial charge in [0.15, 0.2) is 0 Å². The first-order valence-corrected chi connectivity index (χ1v) is 6.37. The van der Waals surface area contributed by atoms with Gasteiger partial charge in [-0.05, 0) is 29.8 Å². The maximum atomic E-state index is 6.19. The van der Waals surface area contributed by atoms with Crippen LogP contribution in [0.3, 0.4) is 0 Å². The van der Waals surface area contributed by atoms with E-state index in [9.17, 15) is 0 Å². The Bertz CT molecular complexity index is 572. The zero-order chi connectivity index (χ0) is 13.8. The summed E-state index contributed by atoms with van der Waals surface area (Å²) in [7, 11) is 3.68. The molecule has 2 aromatic carbocycles. The van der Waals surface area contributed by atoms with Crippen LogP contribution in [-0.4, -0.2) is 14.2 Å². The predicted molar refractivity (Wildman–Crippen MR) is 81.0 cm³/mol. The number of anilines is 2. The Morgan fingerprint density at radius 3 is 2.68 bits per heavy atom. The fourth-order valence-corrected chi connectivity index (χ4v) is 2.14. The van der Waals surface area contributed by atoms with E-state index < -0.39 is 0 Å². The topological polar surface area (TPSA) is 38.5 Å². The van der Waals surface area contributed by atoms with Crippen LogP contribution in [0.2, 0.25) is 5.02 Å². The molecule has 0 heterocycles. The van der Waals surface area contributed by atoms with Gasteiger partial charge in [0.1, 0.15) is 5.75 Å². The highest BCUT2D eigenvalue weighted by molar-refractivity contribution is 6.31. The highest BCUT2D eigenvalue weighted by atomic mass is 35.5. The first-order chi connectivity index (χ1) is 9.10. The average molecular weight is 277 g/mol. The second-order valence-electron chi connectivity index (χ2n) is 4.41. The molecule has 2 N–H and O–H groups in total. The van der Waals surface area contributed by atoms with Crippen LogP contribution < -0.4 is 15.4 Å². The lowest BCUT2D eigenvalue weighted by molar-refractivity contribution is 0.415.